The Bertz CT molecular complexity index is 445. The molecule has 0 fully saturated rings. The predicted octanol–water partition coefficient (Wildman–Crippen LogP) is -0.332. The Labute approximate surface area is 154 Å². The molecule has 0 amide bonds. The lowest BCUT2D eigenvalue weighted by molar-refractivity contribution is -0.00633. The Morgan fingerprint density at radius 3 is 0.958 bits per heavy atom. The second-order valence-electron chi connectivity index (χ2n) is 4.50. The van der Waals surface area contributed by atoms with E-state index in [-0.39, 0.29) is 13.2 Å². The third kappa shape index (κ3) is 22.5. The molecule has 0 aromatic heterocycles. The van der Waals surface area contributed by atoms with Crippen LogP contribution in [0.5, 0.6) is 0 Å². The van der Waals surface area contributed by atoms with Gasteiger partial charge < -0.3 is 18.9 Å². The van der Waals surface area contributed by atoms with Crippen LogP contribution in [0.15, 0.2) is 0 Å². The van der Waals surface area contributed by atoms with Gasteiger partial charge in [-0.05, 0) is 0 Å². The summed E-state index contributed by atoms with van der Waals surface area (Å²) in [4.78, 5) is 0. The number of hydrogen-bond donors (Lipinski definition) is 0. The molecule has 0 saturated heterocycles. The van der Waals surface area contributed by atoms with E-state index >= 15 is 0 Å². The Balaban J connectivity index is 3.13. The van der Waals surface area contributed by atoms with Gasteiger partial charge in [0, 0.05) is 34.9 Å². The zero-order chi connectivity index (χ0) is 18.3. The van der Waals surface area contributed by atoms with E-state index in [9.17, 15) is 8.42 Å². The zero-order valence-corrected chi connectivity index (χ0v) is 17.2. The third-order valence-electron chi connectivity index (χ3n) is 2.17. The maximum absolute atomic E-state index is 11.0. The molecule has 0 aliphatic carbocycles. The van der Waals surface area contributed by atoms with Gasteiger partial charge in [0.1, 0.15) is 17.5 Å². The third-order valence-corrected chi connectivity index (χ3v) is 3.93. The van der Waals surface area contributed by atoms with Crippen molar-refractivity contribution in [2.24, 2.45) is 0 Å². The Hall–Kier alpha value is 0.500. The summed E-state index contributed by atoms with van der Waals surface area (Å²) in [7, 11) is -5.16. The molecule has 0 aromatic rings. The highest BCUT2D eigenvalue weighted by Crippen LogP contribution is 1.89. The fourth-order valence-corrected chi connectivity index (χ4v) is 2.40. The van der Waals surface area contributed by atoms with E-state index in [1.54, 1.807) is 0 Å². The molecule has 2 atom stereocenters. The van der Waals surface area contributed by atoms with Crippen molar-refractivity contribution in [2.45, 2.75) is 0 Å². The highest BCUT2D eigenvalue weighted by molar-refractivity contribution is 8.30. The van der Waals surface area contributed by atoms with Gasteiger partial charge in [0.05, 0.1) is 66.1 Å². The lowest BCUT2D eigenvalue weighted by atomic mass is 10.7. The molecule has 146 valence electrons. The van der Waals surface area contributed by atoms with E-state index < -0.39 is 17.5 Å². The first-order valence-electron chi connectivity index (χ1n) is 7.20. The molecule has 24 heavy (non-hydrogen) atoms. The van der Waals surface area contributed by atoms with Crippen LogP contribution >= 0.6 is 0 Å². The van der Waals surface area contributed by atoms with Crippen molar-refractivity contribution in [3.8, 4) is 0 Å². The van der Waals surface area contributed by atoms with E-state index in [0.717, 1.165) is 0 Å². The van der Waals surface area contributed by atoms with E-state index in [1.807, 2.05) is 0 Å². The Kier molecular flexibility index (Phi) is 15.0. The van der Waals surface area contributed by atoms with E-state index in [4.69, 9.17) is 27.3 Å². The second-order valence-corrected chi connectivity index (χ2v) is 11.4. The minimum Gasteiger partial charge on any atom is -0.377 e. The maximum Gasteiger partial charge on any atom is 0.141 e. The summed E-state index contributed by atoms with van der Waals surface area (Å²) >= 11 is 9.16. The van der Waals surface area contributed by atoms with Gasteiger partial charge in [-0.15, -0.1) is 0 Å². The molecule has 2 unspecified atom stereocenters. The predicted molar refractivity (Wildman–Crippen MR) is 98.0 cm³/mol. The minimum absolute atomic E-state index is 0.203. The van der Waals surface area contributed by atoms with Gasteiger partial charge in [-0.25, -0.2) is 8.42 Å². The van der Waals surface area contributed by atoms with Gasteiger partial charge >= 0.3 is 0 Å². The van der Waals surface area contributed by atoms with Crippen LogP contribution in [0, 0.1) is 0 Å². The van der Waals surface area contributed by atoms with E-state index in [2.05, 4.69) is 22.4 Å². The summed E-state index contributed by atoms with van der Waals surface area (Å²) in [5.41, 5.74) is 0. The average molecular weight is 427 g/mol. The lowest BCUT2D eigenvalue weighted by Gasteiger charge is -2.08. The topological polar surface area (TPSA) is 89.5 Å². The minimum atomic E-state index is -2.58. The van der Waals surface area contributed by atoms with Gasteiger partial charge in [0.2, 0.25) is 0 Å². The zero-order valence-electron chi connectivity index (χ0n) is 14.0. The standard InChI is InChI=1S/C12H26O8S4/c1-23(13,21)19-11-9-17-7-5-15-3-4-16-6-8-18-10-12-20-24(2,14)22/h3-12H2,1-2H3. The fraction of sp³-hybridized carbons (Fsp3) is 1.00. The molecule has 8 nitrogen and oxygen atoms in total. The van der Waals surface area contributed by atoms with Gasteiger partial charge in [-0.2, -0.15) is 0 Å². The Morgan fingerprint density at radius 2 is 0.750 bits per heavy atom. The van der Waals surface area contributed by atoms with Crippen molar-refractivity contribution in [1.29, 1.82) is 0 Å². The molecule has 0 heterocycles. The molecule has 0 aliphatic heterocycles. The second kappa shape index (κ2) is 14.6. The van der Waals surface area contributed by atoms with Crippen molar-refractivity contribution < 1.29 is 35.7 Å². The van der Waals surface area contributed by atoms with Crippen molar-refractivity contribution in [3.05, 3.63) is 0 Å². The number of hydrogen-bond acceptors (Lipinski definition) is 10. The van der Waals surface area contributed by atoms with Crippen LogP contribution in [-0.2, 0) is 67.2 Å². The van der Waals surface area contributed by atoms with Crippen molar-refractivity contribution in [3.63, 3.8) is 0 Å². The maximum atomic E-state index is 11.0. The number of rotatable bonds is 17. The largest absolute Gasteiger partial charge is 0.377 e. The summed E-state index contributed by atoms with van der Waals surface area (Å²) in [6.45, 7) is 3.65. The molecular formula is C12H26O8S4. The van der Waals surface area contributed by atoms with E-state index in [0.29, 0.717) is 52.9 Å². The van der Waals surface area contributed by atoms with Crippen molar-refractivity contribution >= 4 is 39.9 Å². The number of ether oxygens (including phenoxy) is 4. The van der Waals surface area contributed by atoms with Crippen molar-refractivity contribution in [2.75, 3.05) is 78.6 Å². The quantitative estimate of drug-likeness (QED) is 0.288. The lowest BCUT2D eigenvalue weighted by Crippen LogP contribution is -2.15. The first-order valence-corrected chi connectivity index (χ1v) is 12.8. The highest BCUT2D eigenvalue weighted by atomic mass is 32.8. The fourth-order valence-electron chi connectivity index (χ4n) is 1.25. The molecule has 0 bridgehead atoms. The molecule has 0 aromatic carbocycles. The van der Waals surface area contributed by atoms with Crippen LogP contribution in [0.1, 0.15) is 0 Å². The molecule has 0 spiro atoms. The van der Waals surface area contributed by atoms with Crippen LogP contribution in [0.3, 0.4) is 0 Å². The normalized spacial score (nSPS) is 16.6. The van der Waals surface area contributed by atoms with Crippen LogP contribution in [0.25, 0.3) is 0 Å². The molecule has 12 heteroatoms. The van der Waals surface area contributed by atoms with Crippen LogP contribution < -0.4 is 0 Å². The molecule has 0 N–H and O–H groups in total. The summed E-state index contributed by atoms with van der Waals surface area (Å²) in [5, 5.41) is 0. The summed E-state index contributed by atoms with van der Waals surface area (Å²) in [6, 6.07) is 0. The van der Waals surface area contributed by atoms with E-state index in [1.165, 1.54) is 12.5 Å². The monoisotopic (exact) mass is 426 g/mol. The molecule has 0 aliphatic rings. The summed E-state index contributed by atoms with van der Waals surface area (Å²) in [5.74, 6) is 0. The average Bonchev–Trinajstić information content (AvgIpc) is 2.44. The van der Waals surface area contributed by atoms with Gasteiger partial charge in [0.15, 0.2) is 0 Å². The highest BCUT2D eigenvalue weighted by Gasteiger charge is 1.98. The Morgan fingerprint density at radius 1 is 0.542 bits per heavy atom. The van der Waals surface area contributed by atoms with Crippen LogP contribution in [0.4, 0.5) is 0 Å². The first-order chi connectivity index (χ1) is 11.2. The molecular weight excluding hydrogens is 400 g/mol. The summed E-state index contributed by atoms with van der Waals surface area (Å²) in [6.07, 6.45) is 2.71. The SMILES string of the molecule is CS(=O)(=S)OCCOCCOCCOCCOCCOS(C)(=O)=S. The van der Waals surface area contributed by atoms with Crippen molar-refractivity contribution in [1.82, 2.24) is 0 Å². The smallest absolute Gasteiger partial charge is 0.141 e. The molecule has 0 rings (SSSR count). The molecule has 0 radical (unpaired) electrons. The summed E-state index contributed by atoms with van der Waals surface area (Å²) < 4.78 is 52.8. The van der Waals surface area contributed by atoms with Gasteiger partial charge in [-0.1, -0.05) is 0 Å². The van der Waals surface area contributed by atoms with Gasteiger partial charge in [0.25, 0.3) is 0 Å². The molecule has 0 saturated carbocycles. The van der Waals surface area contributed by atoms with Gasteiger partial charge in [-0.3, -0.25) is 8.37 Å². The van der Waals surface area contributed by atoms with Crippen LogP contribution in [0.2, 0.25) is 0 Å². The first kappa shape index (κ1) is 24.5. The van der Waals surface area contributed by atoms with Crippen LogP contribution in [-0.4, -0.2) is 87.0 Å².